The number of hydrogen-bond donors (Lipinski definition) is 0. The summed E-state index contributed by atoms with van der Waals surface area (Å²) in [6, 6.07) is 10.5. The number of nitriles is 1. The monoisotopic (exact) mass is 625 g/mol. The van der Waals surface area contributed by atoms with Crippen LogP contribution in [-0.4, -0.2) is 9.97 Å². The van der Waals surface area contributed by atoms with Gasteiger partial charge in [0.1, 0.15) is 0 Å². The van der Waals surface area contributed by atoms with Gasteiger partial charge in [0, 0.05) is 29.2 Å². The summed E-state index contributed by atoms with van der Waals surface area (Å²) in [4.78, 5) is 10.9. The molecular weight excluding hydrogens is 583 g/mol. The predicted molar refractivity (Wildman–Crippen MR) is 196 cm³/mol. The summed E-state index contributed by atoms with van der Waals surface area (Å²) >= 11 is 0. The van der Waals surface area contributed by atoms with Crippen molar-refractivity contribution in [2.24, 2.45) is 11.8 Å². The SMILES string of the molecule is N#Cc1ccc(C2CC=C(C3=CCC(c4nc(C5=CC=CCC5)nc(C5CC=CCC5)c4C4C=CC=CC4)C=C3)C3C=CC=CC32)cc1. The van der Waals surface area contributed by atoms with Crippen molar-refractivity contribution in [3.8, 4) is 6.07 Å². The van der Waals surface area contributed by atoms with Gasteiger partial charge in [-0.2, -0.15) is 5.26 Å². The van der Waals surface area contributed by atoms with Crippen LogP contribution in [0.15, 0.2) is 139 Å². The molecule has 6 atom stereocenters. The Hall–Kier alpha value is -4.81. The lowest BCUT2D eigenvalue weighted by atomic mass is 9.66. The van der Waals surface area contributed by atoms with Crippen LogP contribution < -0.4 is 0 Å². The first-order valence-corrected chi connectivity index (χ1v) is 18.0. The van der Waals surface area contributed by atoms with E-state index in [9.17, 15) is 5.26 Å². The summed E-state index contributed by atoms with van der Waals surface area (Å²) in [6.45, 7) is 0. The molecule has 0 N–H and O–H groups in total. The van der Waals surface area contributed by atoms with E-state index in [1.54, 1.807) is 0 Å². The Bertz CT molecular complexity index is 1910. The van der Waals surface area contributed by atoms with Crippen LogP contribution in [0, 0.1) is 23.2 Å². The van der Waals surface area contributed by atoms with Gasteiger partial charge in [0.2, 0.25) is 0 Å². The third kappa shape index (κ3) is 6.01. The van der Waals surface area contributed by atoms with Gasteiger partial charge in [-0.15, -0.1) is 0 Å². The fourth-order valence-corrected chi connectivity index (χ4v) is 8.63. The minimum atomic E-state index is 0.218. The van der Waals surface area contributed by atoms with Crippen molar-refractivity contribution in [2.45, 2.75) is 75.0 Å². The minimum absolute atomic E-state index is 0.218. The van der Waals surface area contributed by atoms with Crippen LogP contribution in [0.2, 0.25) is 0 Å². The van der Waals surface area contributed by atoms with Crippen molar-refractivity contribution < 1.29 is 0 Å². The molecule has 8 rings (SSSR count). The average molecular weight is 626 g/mol. The minimum Gasteiger partial charge on any atom is -0.233 e. The number of fused-ring (bicyclic) bond motifs is 1. The summed E-state index contributed by atoms with van der Waals surface area (Å²) < 4.78 is 0. The summed E-state index contributed by atoms with van der Waals surface area (Å²) in [5.74, 6) is 3.05. The number of benzene rings is 1. The lowest BCUT2D eigenvalue weighted by Gasteiger charge is -2.38. The number of nitrogens with zero attached hydrogens (tertiary/aromatic N) is 3. The molecule has 48 heavy (non-hydrogen) atoms. The van der Waals surface area contributed by atoms with E-state index < -0.39 is 0 Å². The predicted octanol–water partition coefficient (Wildman–Crippen LogP) is 10.9. The molecule has 3 heteroatoms. The molecule has 0 bridgehead atoms. The van der Waals surface area contributed by atoms with Crippen LogP contribution in [0.4, 0.5) is 0 Å². The molecule has 6 aliphatic carbocycles. The summed E-state index contributed by atoms with van der Waals surface area (Å²) in [5, 5.41) is 9.31. The van der Waals surface area contributed by atoms with E-state index >= 15 is 0 Å². The Kier molecular flexibility index (Phi) is 8.73. The quantitative estimate of drug-likeness (QED) is 0.300. The lowest BCUT2D eigenvalue weighted by Crippen LogP contribution is -2.27. The number of hydrogen-bond acceptors (Lipinski definition) is 3. The maximum absolute atomic E-state index is 9.31. The Morgan fingerprint density at radius 1 is 0.708 bits per heavy atom. The Labute approximate surface area is 285 Å². The molecule has 0 saturated carbocycles. The Morgan fingerprint density at radius 3 is 2.33 bits per heavy atom. The van der Waals surface area contributed by atoms with Crippen LogP contribution >= 0.6 is 0 Å². The first-order valence-electron chi connectivity index (χ1n) is 18.0. The van der Waals surface area contributed by atoms with E-state index in [1.807, 2.05) is 12.1 Å². The summed E-state index contributed by atoms with van der Waals surface area (Å²) in [7, 11) is 0. The molecule has 0 saturated heterocycles. The van der Waals surface area contributed by atoms with E-state index in [4.69, 9.17) is 9.97 Å². The van der Waals surface area contributed by atoms with Crippen LogP contribution in [0.3, 0.4) is 0 Å². The second kappa shape index (κ2) is 13.7. The van der Waals surface area contributed by atoms with Crippen molar-refractivity contribution in [2.75, 3.05) is 0 Å². The highest BCUT2D eigenvalue weighted by Gasteiger charge is 2.36. The van der Waals surface area contributed by atoms with E-state index in [0.717, 1.165) is 62.8 Å². The molecule has 3 nitrogen and oxygen atoms in total. The van der Waals surface area contributed by atoms with Gasteiger partial charge in [0.25, 0.3) is 0 Å². The molecule has 1 aromatic carbocycles. The van der Waals surface area contributed by atoms with Crippen molar-refractivity contribution >= 4 is 5.57 Å². The largest absolute Gasteiger partial charge is 0.233 e. The van der Waals surface area contributed by atoms with Gasteiger partial charge in [-0.3, -0.25) is 0 Å². The van der Waals surface area contributed by atoms with Gasteiger partial charge in [0.15, 0.2) is 5.82 Å². The van der Waals surface area contributed by atoms with Crippen LogP contribution in [-0.2, 0) is 0 Å². The van der Waals surface area contributed by atoms with Crippen molar-refractivity contribution in [1.29, 1.82) is 5.26 Å². The average Bonchev–Trinajstić information content (AvgIpc) is 3.18. The third-order valence-electron chi connectivity index (χ3n) is 11.2. The summed E-state index contributed by atoms with van der Waals surface area (Å²) in [5.41, 5.74) is 9.99. The van der Waals surface area contributed by atoms with Gasteiger partial charge in [0.05, 0.1) is 23.0 Å². The zero-order valence-electron chi connectivity index (χ0n) is 27.6. The molecule has 0 fully saturated rings. The first kappa shape index (κ1) is 30.5. The maximum Gasteiger partial charge on any atom is 0.155 e. The molecule has 1 aromatic heterocycles. The van der Waals surface area contributed by atoms with Crippen molar-refractivity contribution in [3.63, 3.8) is 0 Å². The van der Waals surface area contributed by atoms with Gasteiger partial charge >= 0.3 is 0 Å². The third-order valence-corrected chi connectivity index (χ3v) is 11.2. The summed E-state index contributed by atoms with van der Waals surface area (Å²) in [6.07, 6.45) is 47.7. The lowest BCUT2D eigenvalue weighted by molar-refractivity contribution is 0.411. The number of allylic oxidation sites excluding steroid dienone is 20. The van der Waals surface area contributed by atoms with Crippen molar-refractivity contribution in [1.82, 2.24) is 9.97 Å². The molecule has 1 heterocycles. The molecule has 0 aliphatic heterocycles. The second-order valence-corrected chi connectivity index (χ2v) is 14.0. The van der Waals surface area contributed by atoms with Crippen LogP contribution in [0.1, 0.15) is 109 Å². The molecule has 2 aromatic rings. The van der Waals surface area contributed by atoms with E-state index in [-0.39, 0.29) is 5.92 Å². The zero-order chi connectivity index (χ0) is 32.3. The standard InChI is InChI=1S/C45H43N3/c46-30-31-20-22-32(23-21-31)38-28-29-39(41-19-11-10-18-40(38)41)33-24-26-36(27-25-33)44-42(34-12-4-1-5-13-34)43(35-14-6-2-7-15-35)47-45(48-44)37-16-8-3-9-17-37/h1-6,8,10-12,16,18-26,29,34-36,38,40-41H,7,9,13-15,17,27-28H2. The zero-order valence-corrected chi connectivity index (χ0v) is 27.6. The van der Waals surface area contributed by atoms with E-state index in [2.05, 4.69) is 121 Å². The topological polar surface area (TPSA) is 49.6 Å². The van der Waals surface area contributed by atoms with Gasteiger partial charge in [-0.25, -0.2) is 9.97 Å². The highest BCUT2D eigenvalue weighted by Crippen LogP contribution is 2.48. The van der Waals surface area contributed by atoms with E-state index in [0.29, 0.717) is 29.6 Å². The highest BCUT2D eigenvalue weighted by atomic mass is 14.9. The van der Waals surface area contributed by atoms with Crippen molar-refractivity contribution in [3.05, 3.63) is 173 Å². The Morgan fingerprint density at radius 2 is 1.58 bits per heavy atom. The molecular formula is C45H43N3. The normalized spacial score (nSPS) is 28.8. The number of aromatic nitrogens is 2. The van der Waals surface area contributed by atoms with Gasteiger partial charge < -0.3 is 0 Å². The van der Waals surface area contributed by atoms with Crippen LogP contribution in [0.25, 0.3) is 5.57 Å². The van der Waals surface area contributed by atoms with Gasteiger partial charge in [-0.1, -0.05) is 115 Å². The number of rotatable bonds is 6. The molecule has 6 aliphatic rings. The molecule has 0 amide bonds. The van der Waals surface area contributed by atoms with E-state index in [1.165, 1.54) is 39.2 Å². The van der Waals surface area contributed by atoms with Gasteiger partial charge in [-0.05, 0) is 97.6 Å². The fourth-order valence-electron chi connectivity index (χ4n) is 8.63. The molecule has 0 radical (unpaired) electrons. The first-order chi connectivity index (χ1) is 23.8. The molecule has 6 unspecified atom stereocenters. The second-order valence-electron chi connectivity index (χ2n) is 14.0. The Balaban J connectivity index is 1.14. The molecule has 238 valence electrons. The maximum atomic E-state index is 9.31. The molecule has 0 spiro atoms. The fraction of sp³-hybridized carbons (Fsp3) is 0.311. The van der Waals surface area contributed by atoms with Crippen LogP contribution in [0.5, 0.6) is 0 Å². The smallest absolute Gasteiger partial charge is 0.155 e. The highest BCUT2D eigenvalue weighted by molar-refractivity contribution is 5.64.